The molecule has 0 aromatic carbocycles. The molecule has 0 amide bonds. The highest BCUT2D eigenvalue weighted by Crippen LogP contribution is 2.20. The van der Waals surface area contributed by atoms with Gasteiger partial charge in [-0.25, -0.2) is 0 Å². The van der Waals surface area contributed by atoms with Gasteiger partial charge in [0.1, 0.15) is 6.10 Å². The van der Waals surface area contributed by atoms with Crippen LogP contribution in [0.1, 0.15) is 28.1 Å². The van der Waals surface area contributed by atoms with Crippen molar-refractivity contribution in [1.82, 2.24) is 0 Å². The molecule has 1 aliphatic rings. The molecule has 2 nitrogen and oxygen atoms in total. The SMILES string of the molecule is Cc1cc(C(=O)C2CCCO2)cs1. The first-order valence-electron chi connectivity index (χ1n) is 4.48. The summed E-state index contributed by atoms with van der Waals surface area (Å²) in [5.74, 6) is 0.154. The van der Waals surface area contributed by atoms with Crippen LogP contribution in [0.4, 0.5) is 0 Å². The van der Waals surface area contributed by atoms with Crippen molar-refractivity contribution in [2.24, 2.45) is 0 Å². The first-order valence-corrected chi connectivity index (χ1v) is 5.36. The summed E-state index contributed by atoms with van der Waals surface area (Å²) in [6, 6.07) is 1.94. The van der Waals surface area contributed by atoms with Gasteiger partial charge in [-0.2, -0.15) is 0 Å². The summed E-state index contributed by atoms with van der Waals surface area (Å²) in [4.78, 5) is 12.9. The van der Waals surface area contributed by atoms with Crippen molar-refractivity contribution in [2.75, 3.05) is 6.61 Å². The summed E-state index contributed by atoms with van der Waals surface area (Å²) in [5, 5.41) is 1.92. The average molecular weight is 196 g/mol. The van der Waals surface area contributed by atoms with Crippen molar-refractivity contribution in [1.29, 1.82) is 0 Å². The largest absolute Gasteiger partial charge is 0.370 e. The highest BCUT2D eigenvalue weighted by Gasteiger charge is 2.24. The molecule has 0 aliphatic carbocycles. The Kier molecular flexibility index (Phi) is 2.47. The number of rotatable bonds is 2. The molecule has 1 saturated heterocycles. The maximum Gasteiger partial charge on any atom is 0.192 e. The first-order chi connectivity index (χ1) is 6.27. The second-order valence-corrected chi connectivity index (χ2v) is 4.43. The lowest BCUT2D eigenvalue weighted by molar-refractivity contribution is 0.0643. The Labute approximate surface area is 81.5 Å². The van der Waals surface area contributed by atoms with Crippen LogP contribution >= 0.6 is 11.3 Å². The third kappa shape index (κ3) is 1.81. The standard InChI is InChI=1S/C10H12O2S/c1-7-5-8(6-13-7)10(11)9-3-2-4-12-9/h5-6,9H,2-4H2,1H3. The van der Waals surface area contributed by atoms with Crippen LogP contribution in [0.15, 0.2) is 11.4 Å². The van der Waals surface area contributed by atoms with E-state index in [1.54, 1.807) is 11.3 Å². The molecule has 1 aliphatic heterocycles. The Balaban J connectivity index is 2.12. The van der Waals surface area contributed by atoms with Crippen LogP contribution in [0.25, 0.3) is 0 Å². The second-order valence-electron chi connectivity index (χ2n) is 3.31. The van der Waals surface area contributed by atoms with Gasteiger partial charge in [0.05, 0.1) is 0 Å². The molecule has 0 saturated carbocycles. The lowest BCUT2D eigenvalue weighted by atomic mass is 10.1. The zero-order chi connectivity index (χ0) is 9.26. The molecular weight excluding hydrogens is 184 g/mol. The van der Waals surface area contributed by atoms with Crippen molar-refractivity contribution >= 4 is 17.1 Å². The monoisotopic (exact) mass is 196 g/mol. The molecular formula is C10H12O2S. The van der Waals surface area contributed by atoms with Gasteiger partial charge in [-0.1, -0.05) is 0 Å². The summed E-state index contributed by atoms with van der Waals surface area (Å²) < 4.78 is 5.33. The van der Waals surface area contributed by atoms with Gasteiger partial charge < -0.3 is 4.74 Å². The van der Waals surface area contributed by atoms with Crippen LogP contribution < -0.4 is 0 Å². The van der Waals surface area contributed by atoms with E-state index in [0.29, 0.717) is 0 Å². The Hall–Kier alpha value is -0.670. The van der Waals surface area contributed by atoms with E-state index in [1.165, 1.54) is 4.88 Å². The molecule has 1 fully saturated rings. The van der Waals surface area contributed by atoms with Gasteiger partial charge in [0.15, 0.2) is 5.78 Å². The minimum absolute atomic E-state index is 0.154. The lowest BCUT2D eigenvalue weighted by Gasteiger charge is -2.05. The normalized spacial score (nSPS) is 22.1. The fourth-order valence-electron chi connectivity index (χ4n) is 1.54. The number of hydrogen-bond acceptors (Lipinski definition) is 3. The average Bonchev–Trinajstić information content (AvgIpc) is 2.72. The van der Waals surface area contributed by atoms with Crippen LogP contribution in [0.3, 0.4) is 0 Å². The molecule has 3 heteroatoms. The number of ketones is 1. The fraction of sp³-hybridized carbons (Fsp3) is 0.500. The van der Waals surface area contributed by atoms with Gasteiger partial charge in [-0.15, -0.1) is 11.3 Å². The van der Waals surface area contributed by atoms with Crippen LogP contribution in [0.2, 0.25) is 0 Å². The first kappa shape index (κ1) is 8.91. The molecule has 1 aromatic rings. The van der Waals surface area contributed by atoms with Crippen LogP contribution in [-0.4, -0.2) is 18.5 Å². The molecule has 0 bridgehead atoms. The minimum atomic E-state index is -0.172. The summed E-state index contributed by atoms with van der Waals surface area (Å²) in [6.45, 7) is 2.75. The zero-order valence-electron chi connectivity index (χ0n) is 7.58. The van der Waals surface area contributed by atoms with Gasteiger partial charge in [-0.3, -0.25) is 4.79 Å². The number of carbonyl (C=O) groups excluding carboxylic acids is 1. The van der Waals surface area contributed by atoms with Crippen molar-refractivity contribution < 1.29 is 9.53 Å². The number of carbonyl (C=O) groups is 1. The highest BCUT2D eigenvalue weighted by atomic mass is 32.1. The number of ether oxygens (including phenoxy) is 1. The summed E-state index contributed by atoms with van der Waals surface area (Å²) in [6.07, 6.45) is 1.72. The molecule has 1 atom stereocenters. The Morgan fingerprint density at radius 3 is 3.08 bits per heavy atom. The summed E-state index contributed by atoms with van der Waals surface area (Å²) in [5.41, 5.74) is 0.814. The third-order valence-corrected chi connectivity index (χ3v) is 3.10. The van der Waals surface area contributed by atoms with E-state index < -0.39 is 0 Å². The van der Waals surface area contributed by atoms with E-state index in [0.717, 1.165) is 25.0 Å². The van der Waals surface area contributed by atoms with E-state index >= 15 is 0 Å². The quantitative estimate of drug-likeness (QED) is 0.679. The van der Waals surface area contributed by atoms with Gasteiger partial charge in [-0.05, 0) is 25.8 Å². The molecule has 0 radical (unpaired) electrons. The number of thiophene rings is 1. The predicted octanol–water partition coefficient (Wildman–Crippen LogP) is 2.42. The maximum atomic E-state index is 11.7. The summed E-state index contributed by atoms with van der Waals surface area (Å²) in [7, 11) is 0. The van der Waals surface area contributed by atoms with Gasteiger partial charge in [0.2, 0.25) is 0 Å². The van der Waals surface area contributed by atoms with E-state index in [4.69, 9.17) is 4.74 Å². The van der Waals surface area contributed by atoms with E-state index in [-0.39, 0.29) is 11.9 Å². The van der Waals surface area contributed by atoms with Crippen LogP contribution in [-0.2, 0) is 4.74 Å². The van der Waals surface area contributed by atoms with Crippen molar-refractivity contribution in [2.45, 2.75) is 25.9 Å². The van der Waals surface area contributed by atoms with Gasteiger partial charge >= 0.3 is 0 Å². The number of aryl methyl sites for hydroxylation is 1. The lowest BCUT2D eigenvalue weighted by Crippen LogP contribution is -2.18. The molecule has 0 N–H and O–H groups in total. The molecule has 2 rings (SSSR count). The predicted molar refractivity (Wildman–Crippen MR) is 52.4 cm³/mol. The van der Waals surface area contributed by atoms with E-state index in [9.17, 15) is 4.79 Å². The molecule has 0 spiro atoms. The van der Waals surface area contributed by atoms with E-state index in [1.807, 2.05) is 18.4 Å². The number of hydrogen-bond donors (Lipinski definition) is 0. The minimum Gasteiger partial charge on any atom is -0.370 e. The van der Waals surface area contributed by atoms with Crippen molar-refractivity contribution in [3.63, 3.8) is 0 Å². The second kappa shape index (κ2) is 3.60. The fourth-order valence-corrected chi connectivity index (χ4v) is 2.24. The molecule has 1 aromatic heterocycles. The maximum absolute atomic E-state index is 11.7. The molecule has 70 valence electrons. The van der Waals surface area contributed by atoms with Gasteiger partial charge in [0.25, 0.3) is 0 Å². The van der Waals surface area contributed by atoms with Gasteiger partial charge in [0, 0.05) is 22.4 Å². The molecule has 2 heterocycles. The molecule has 1 unspecified atom stereocenters. The van der Waals surface area contributed by atoms with Crippen LogP contribution in [0.5, 0.6) is 0 Å². The topological polar surface area (TPSA) is 26.3 Å². The Bertz CT molecular complexity index is 310. The zero-order valence-corrected chi connectivity index (χ0v) is 8.39. The third-order valence-electron chi connectivity index (χ3n) is 2.24. The Morgan fingerprint density at radius 2 is 2.54 bits per heavy atom. The van der Waals surface area contributed by atoms with E-state index in [2.05, 4.69) is 0 Å². The smallest absolute Gasteiger partial charge is 0.192 e. The van der Waals surface area contributed by atoms with Crippen LogP contribution in [0, 0.1) is 6.92 Å². The van der Waals surface area contributed by atoms with Crippen molar-refractivity contribution in [3.05, 3.63) is 21.9 Å². The Morgan fingerprint density at radius 1 is 1.69 bits per heavy atom. The summed E-state index contributed by atoms with van der Waals surface area (Å²) >= 11 is 1.62. The highest BCUT2D eigenvalue weighted by molar-refractivity contribution is 7.10. The van der Waals surface area contributed by atoms with Crippen molar-refractivity contribution in [3.8, 4) is 0 Å². The number of Topliss-reactive ketones (excluding diaryl/α,β-unsaturated/α-hetero) is 1. The molecule has 13 heavy (non-hydrogen) atoms.